The molecule has 0 radical (unpaired) electrons. The third kappa shape index (κ3) is 4.25. The number of amides is 1. The Kier molecular flexibility index (Phi) is 5.76. The number of aromatic amines is 1. The number of hydrogen-bond acceptors (Lipinski definition) is 7. The largest absolute Gasteiger partial charge is 0.336 e. The number of fused-ring (bicyclic) bond motifs is 1. The first-order valence-corrected chi connectivity index (χ1v) is 12.3. The van der Waals surface area contributed by atoms with Crippen LogP contribution in [0.5, 0.6) is 0 Å². The summed E-state index contributed by atoms with van der Waals surface area (Å²) in [6.07, 6.45) is 4.62. The lowest BCUT2D eigenvalue weighted by Gasteiger charge is -2.33. The van der Waals surface area contributed by atoms with Crippen LogP contribution in [-0.4, -0.2) is 74.6 Å². The molecule has 1 aromatic carbocycles. The van der Waals surface area contributed by atoms with Gasteiger partial charge in [-0.25, -0.2) is 23.4 Å². The quantitative estimate of drug-likeness (QED) is 0.459. The number of halogens is 1. The third-order valence-corrected chi connectivity index (χ3v) is 7.54. The van der Waals surface area contributed by atoms with E-state index in [2.05, 4.69) is 24.9 Å². The molecule has 0 bridgehead atoms. The second kappa shape index (κ2) is 8.75. The smallest absolute Gasteiger partial charge is 0.276 e. The summed E-state index contributed by atoms with van der Waals surface area (Å²) in [5, 5.41) is 0.345. The van der Waals surface area contributed by atoms with Crippen molar-refractivity contribution in [1.82, 2.24) is 34.1 Å². The Balaban J connectivity index is 1.26. The van der Waals surface area contributed by atoms with Crippen molar-refractivity contribution >= 4 is 38.6 Å². The Morgan fingerprint density at radius 2 is 1.76 bits per heavy atom. The number of H-pyrrole nitrogens is 1. The van der Waals surface area contributed by atoms with Crippen molar-refractivity contribution in [2.24, 2.45) is 0 Å². The summed E-state index contributed by atoms with van der Waals surface area (Å²) in [7, 11) is -3.84. The molecule has 0 unspecified atom stereocenters. The Hall–Kier alpha value is -3.41. The van der Waals surface area contributed by atoms with Gasteiger partial charge in [0.1, 0.15) is 5.69 Å². The van der Waals surface area contributed by atoms with E-state index < -0.39 is 10.0 Å². The molecule has 10 nitrogen and oxygen atoms in total. The number of aromatic nitrogens is 5. The molecule has 4 aromatic rings. The number of pyridine rings is 1. The molecule has 1 saturated heterocycles. The average Bonchev–Trinajstić information content (AvgIpc) is 3.28. The van der Waals surface area contributed by atoms with E-state index in [0.29, 0.717) is 33.1 Å². The van der Waals surface area contributed by atoms with E-state index in [9.17, 15) is 13.2 Å². The highest BCUT2D eigenvalue weighted by atomic mass is 35.5. The zero-order chi connectivity index (χ0) is 23.9. The van der Waals surface area contributed by atoms with E-state index in [1.165, 1.54) is 16.7 Å². The van der Waals surface area contributed by atoms with Crippen LogP contribution in [-0.2, 0) is 10.0 Å². The highest BCUT2D eigenvalue weighted by molar-refractivity contribution is 7.89. The number of imidazole rings is 1. The van der Waals surface area contributed by atoms with Crippen LogP contribution in [0.3, 0.4) is 0 Å². The number of carbonyl (C=O) groups excluding carboxylic acids is 1. The van der Waals surface area contributed by atoms with Crippen molar-refractivity contribution in [3.8, 4) is 11.5 Å². The van der Waals surface area contributed by atoms with Gasteiger partial charge in [-0.3, -0.25) is 9.78 Å². The maximum atomic E-state index is 13.1. The number of hydrogen-bond donors (Lipinski definition) is 1. The first-order valence-electron chi connectivity index (χ1n) is 10.5. The Morgan fingerprint density at radius 3 is 2.47 bits per heavy atom. The van der Waals surface area contributed by atoms with Gasteiger partial charge in [0.05, 0.1) is 16.6 Å². The molecule has 1 fully saturated rings. The number of nitrogens with zero attached hydrogens (tertiary/aromatic N) is 6. The van der Waals surface area contributed by atoms with Crippen LogP contribution >= 0.6 is 11.6 Å². The van der Waals surface area contributed by atoms with E-state index >= 15 is 0 Å². The molecule has 3 aromatic heterocycles. The van der Waals surface area contributed by atoms with Gasteiger partial charge in [0, 0.05) is 49.8 Å². The van der Waals surface area contributed by atoms with Crippen LogP contribution in [0.15, 0.2) is 54.1 Å². The van der Waals surface area contributed by atoms with Gasteiger partial charge in [0.25, 0.3) is 15.9 Å². The zero-order valence-corrected chi connectivity index (χ0v) is 19.7. The van der Waals surface area contributed by atoms with Crippen LogP contribution in [0.25, 0.3) is 22.6 Å². The van der Waals surface area contributed by atoms with Gasteiger partial charge in [-0.05, 0) is 42.8 Å². The van der Waals surface area contributed by atoms with Crippen molar-refractivity contribution in [3.63, 3.8) is 0 Å². The molecule has 1 N–H and O–H groups in total. The van der Waals surface area contributed by atoms with Crippen LogP contribution in [0.2, 0.25) is 5.02 Å². The number of carbonyl (C=O) groups is 1. The summed E-state index contributed by atoms with van der Waals surface area (Å²) in [5.41, 5.74) is 3.06. The predicted molar refractivity (Wildman–Crippen MR) is 126 cm³/mol. The molecule has 174 valence electrons. The van der Waals surface area contributed by atoms with E-state index in [-0.39, 0.29) is 37.2 Å². The lowest BCUT2D eigenvalue weighted by atomic mass is 10.2. The van der Waals surface area contributed by atoms with Gasteiger partial charge in [0.2, 0.25) is 5.16 Å². The second-order valence-corrected chi connectivity index (χ2v) is 10.2. The number of sulfonamides is 1. The van der Waals surface area contributed by atoms with Crippen molar-refractivity contribution in [2.45, 2.75) is 12.1 Å². The molecule has 4 heterocycles. The topological polar surface area (TPSA) is 125 Å². The minimum absolute atomic E-state index is 0.140. The van der Waals surface area contributed by atoms with Gasteiger partial charge < -0.3 is 9.88 Å². The Morgan fingerprint density at radius 1 is 1.03 bits per heavy atom. The maximum absolute atomic E-state index is 13.1. The minimum atomic E-state index is -3.84. The van der Waals surface area contributed by atoms with Gasteiger partial charge in [-0.2, -0.15) is 4.31 Å². The molecule has 0 aliphatic carbocycles. The summed E-state index contributed by atoms with van der Waals surface area (Å²) in [6, 6.07) is 8.69. The molecule has 1 aliphatic heterocycles. The average molecular weight is 498 g/mol. The normalized spacial score (nSPS) is 15.1. The maximum Gasteiger partial charge on any atom is 0.276 e. The van der Waals surface area contributed by atoms with Gasteiger partial charge in [-0.15, -0.1) is 0 Å². The summed E-state index contributed by atoms with van der Waals surface area (Å²) >= 11 is 5.98. The van der Waals surface area contributed by atoms with Gasteiger partial charge in [-0.1, -0.05) is 11.6 Å². The zero-order valence-electron chi connectivity index (χ0n) is 18.1. The molecule has 0 spiro atoms. The van der Waals surface area contributed by atoms with Crippen molar-refractivity contribution < 1.29 is 13.2 Å². The highest BCUT2D eigenvalue weighted by Crippen LogP contribution is 2.22. The fourth-order valence-electron chi connectivity index (χ4n) is 3.75. The standard InChI is InChI=1S/C22H20ClN7O3S/c1-14-4-5-24-19(10-14)20-25-12-15(13-26-20)21(31)29-6-8-30(9-7-29)34(32,33)22-27-17-3-2-16(23)11-18(17)28-22/h2-5,10-13H,6-9H2,1H3,(H,27,28). The minimum Gasteiger partial charge on any atom is -0.336 e. The lowest BCUT2D eigenvalue weighted by molar-refractivity contribution is 0.0697. The van der Waals surface area contributed by atoms with Crippen molar-refractivity contribution in [3.05, 3.63) is 65.1 Å². The third-order valence-electron chi connectivity index (χ3n) is 5.58. The molecule has 0 atom stereocenters. The first kappa shape index (κ1) is 22.4. The van der Waals surface area contributed by atoms with Crippen LogP contribution < -0.4 is 0 Å². The highest BCUT2D eigenvalue weighted by Gasteiger charge is 2.32. The van der Waals surface area contributed by atoms with Gasteiger partial charge >= 0.3 is 0 Å². The van der Waals surface area contributed by atoms with Crippen molar-refractivity contribution in [1.29, 1.82) is 0 Å². The van der Waals surface area contributed by atoms with Crippen LogP contribution in [0.4, 0.5) is 0 Å². The van der Waals surface area contributed by atoms with E-state index in [1.807, 2.05) is 19.1 Å². The van der Waals surface area contributed by atoms with Gasteiger partial charge in [0.15, 0.2) is 5.82 Å². The number of nitrogens with one attached hydrogen (secondary N) is 1. The Labute approximate surface area is 200 Å². The Bertz CT molecular complexity index is 1480. The second-order valence-electron chi connectivity index (χ2n) is 7.91. The lowest BCUT2D eigenvalue weighted by Crippen LogP contribution is -2.50. The fourth-order valence-corrected chi connectivity index (χ4v) is 5.26. The van der Waals surface area contributed by atoms with Crippen molar-refractivity contribution in [2.75, 3.05) is 26.2 Å². The molecule has 0 saturated carbocycles. The summed E-state index contributed by atoms with van der Waals surface area (Å²) < 4.78 is 27.4. The molecular weight excluding hydrogens is 478 g/mol. The number of benzene rings is 1. The van der Waals surface area contributed by atoms with Crippen LogP contribution in [0, 0.1) is 6.92 Å². The first-order chi connectivity index (χ1) is 16.3. The monoisotopic (exact) mass is 497 g/mol. The molecule has 12 heteroatoms. The van der Waals surface area contributed by atoms with E-state index in [0.717, 1.165) is 5.56 Å². The summed E-state index contributed by atoms with van der Waals surface area (Å²) in [5.74, 6) is 0.183. The molecule has 5 rings (SSSR count). The fraction of sp³-hybridized carbons (Fsp3) is 0.227. The van der Waals surface area contributed by atoms with Crippen LogP contribution in [0.1, 0.15) is 15.9 Å². The molecular formula is C22H20ClN7O3S. The predicted octanol–water partition coefficient (Wildman–Crippen LogP) is 2.52. The number of rotatable bonds is 4. The van der Waals surface area contributed by atoms with E-state index in [1.54, 1.807) is 29.3 Å². The molecule has 1 amide bonds. The summed E-state index contributed by atoms with van der Waals surface area (Å²) in [4.78, 5) is 34.3. The summed E-state index contributed by atoms with van der Waals surface area (Å²) in [6.45, 7) is 2.74. The number of piperazine rings is 1. The SMILES string of the molecule is Cc1ccnc(-c2ncc(C(=O)N3CCN(S(=O)(=O)c4nc5ccc(Cl)cc5[nH]4)CC3)cn2)c1. The molecule has 34 heavy (non-hydrogen) atoms. The number of aryl methyl sites for hydroxylation is 1. The van der Waals surface area contributed by atoms with E-state index in [4.69, 9.17) is 11.6 Å². The molecule has 1 aliphatic rings.